The Kier molecular flexibility index (Phi) is 28.8. The average Bonchev–Trinajstić information content (AvgIpc) is 2.76. The van der Waals surface area contributed by atoms with E-state index in [1.807, 2.05) is 0 Å². The highest BCUT2D eigenvalue weighted by molar-refractivity contribution is 5.72. The first kappa shape index (κ1) is 33.0. The molecular formula is C26H52O6. The molecule has 0 saturated carbocycles. The van der Waals surface area contributed by atoms with E-state index in [9.17, 15) is 9.59 Å². The van der Waals surface area contributed by atoms with Gasteiger partial charge in [0.1, 0.15) is 0 Å². The Morgan fingerprint density at radius 1 is 0.656 bits per heavy atom. The summed E-state index contributed by atoms with van der Waals surface area (Å²) in [6.07, 6.45) is 20.9. The number of aliphatic carboxylic acids is 2. The van der Waals surface area contributed by atoms with Gasteiger partial charge in [-0.2, -0.15) is 0 Å². The monoisotopic (exact) mass is 460 g/mol. The van der Waals surface area contributed by atoms with Crippen molar-refractivity contribution in [1.82, 2.24) is 0 Å². The Morgan fingerprint density at radius 3 is 1.50 bits per heavy atom. The van der Waals surface area contributed by atoms with Crippen molar-refractivity contribution < 1.29 is 29.3 Å². The Morgan fingerprint density at radius 2 is 1.09 bits per heavy atom. The van der Waals surface area contributed by atoms with E-state index in [0.29, 0.717) is 12.8 Å². The molecule has 0 aliphatic heterocycles. The zero-order valence-electron chi connectivity index (χ0n) is 21.2. The lowest BCUT2D eigenvalue weighted by Gasteiger charge is -2.09. The van der Waals surface area contributed by atoms with Crippen LogP contribution in [0, 0.1) is 0 Å². The van der Waals surface area contributed by atoms with E-state index < -0.39 is 18.0 Å². The van der Waals surface area contributed by atoms with Crippen molar-refractivity contribution in [3.05, 3.63) is 0 Å². The van der Waals surface area contributed by atoms with Crippen LogP contribution in [0.5, 0.6) is 0 Å². The molecule has 32 heavy (non-hydrogen) atoms. The molecule has 0 bridgehead atoms. The summed E-state index contributed by atoms with van der Waals surface area (Å²) in [5.41, 5.74) is 0. The Labute approximate surface area is 197 Å². The Bertz CT molecular complexity index is 400. The van der Waals surface area contributed by atoms with Gasteiger partial charge in [-0.05, 0) is 19.3 Å². The van der Waals surface area contributed by atoms with Crippen molar-refractivity contribution in [2.75, 3.05) is 20.8 Å². The maximum absolute atomic E-state index is 10.6. The Balaban J connectivity index is 0. The molecule has 0 aliphatic carbocycles. The standard InChI is InChI=1S/2C13H26O3/c1-16-12-10-8-6-4-2-3-5-7-9-11-13(14)15;1-3-4-5-6-7-8-9-10-11-12(16-2)13(14)15/h2-12H2,1H3,(H,14,15);12H,3-11H2,1-2H3,(H,14,15). The summed E-state index contributed by atoms with van der Waals surface area (Å²) in [6, 6.07) is 0. The van der Waals surface area contributed by atoms with Crippen LogP contribution in [0.15, 0.2) is 0 Å². The fraction of sp³-hybridized carbons (Fsp3) is 0.923. The number of rotatable bonds is 23. The van der Waals surface area contributed by atoms with Crippen LogP contribution in [0.1, 0.15) is 129 Å². The molecule has 0 amide bonds. The second kappa shape index (κ2) is 27.9. The molecule has 1 unspecified atom stereocenters. The van der Waals surface area contributed by atoms with Crippen LogP contribution in [-0.4, -0.2) is 49.1 Å². The van der Waals surface area contributed by atoms with E-state index in [1.54, 1.807) is 7.11 Å². The fourth-order valence-corrected chi connectivity index (χ4v) is 3.57. The first-order valence-corrected chi connectivity index (χ1v) is 13.0. The number of carboxylic acid groups (broad SMARTS) is 2. The number of carboxylic acids is 2. The van der Waals surface area contributed by atoms with Gasteiger partial charge in [-0.1, -0.05) is 103 Å². The molecule has 6 nitrogen and oxygen atoms in total. The minimum atomic E-state index is -0.842. The molecule has 1 atom stereocenters. The molecule has 0 fully saturated rings. The normalized spacial score (nSPS) is 11.6. The number of ether oxygens (including phenoxy) is 2. The molecular weight excluding hydrogens is 408 g/mol. The molecule has 0 saturated heterocycles. The van der Waals surface area contributed by atoms with Gasteiger partial charge in [-0.3, -0.25) is 4.79 Å². The molecule has 0 rings (SSSR count). The smallest absolute Gasteiger partial charge is 0.332 e. The minimum absolute atomic E-state index is 0.330. The molecule has 0 aromatic heterocycles. The largest absolute Gasteiger partial charge is 0.481 e. The summed E-state index contributed by atoms with van der Waals surface area (Å²) in [5.74, 6) is -1.51. The van der Waals surface area contributed by atoms with Crippen LogP contribution in [0.2, 0.25) is 0 Å². The lowest BCUT2D eigenvalue weighted by molar-refractivity contribution is -0.148. The zero-order valence-corrected chi connectivity index (χ0v) is 21.2. The van der Waals surface area contributed by atoms with Gasteiger partial charge in [0, 0.05) is 27.2 Å². The van der Waals surface area contributed by atoms with E-state index in [1.165, 1.54) is 90.6 Å². The van der Waals surface area contributed by atoms with Crippen LogP contribution < -0.4 is 0 Å². The highest BCUT2D eigenvalue weighted by Gasteiger charge is 2.14. The molecule has 0 aromatic rings. The zero-order chi connectivity index (χ0) is 24.3. The lowest BCUT2D eigenvalue weighted by atomic mass is 10.1. The molecule has 0 aromatic carbocycles. The van der Waals surface area contributed by atoms with Crippen LogP contribution in [-0.2, 0) is 19.1 Å². The van der Waals surface area contributed by atoms with Gasteiger partial charge < -0.3 is 19.7 Å². The second-order valence-corrected chi connectivity index (χ2v) is 8.64. The molecule has 0 radical (unpaired) electrons. The molecule has 0 heterocycles. The van der Waals surface area contributed by atoms with E-state index in [0.717, 1.165) is 32.3 Å². The summed E-state index contributed by atoms with van der Waals surface area (Å²) in [4.78, 5) is 20.9. The maximum Gasteiger partial charge on any atom is 0.332 e. The van der Waals surface area contributed by atoms with Gasteiger partial charge in [0.15, 0.2) is 6.10 Å². The molecule has 0 spiro atoms. The first-order valence-electron chi connectivity index (χ1n) is 13.0. The summed E-state index contributed by atoms with van der Waals surface area (Å²) >= 11 is 0. The number of carbonyl (C=O) groups is 2. The van der Waals surface area contributed by atoms with Gasteiger partial charge in [0.05, 0.1) is 0 Å². The van der Waals surface area contributed by atoms with Crippen molar-refractivity contribution in [1.29, 1.82) is 0 Å². The topological polar surface area (TPSA) is 93.1 Å². The molecule has 0 aliphatic rings. The summed E-state index contributed by atoms with van der Waals surface area (Å²) in [6.45, 7) is 3.10. The van der Waals surface area contributed by atoms with E-state index in [2.05, 4.69) is 6.92 Å². The highest BCUT2D eigenvalue weighted by atomic mass is 16.5. The lowest BCUT2D eigenvalue weighted by Crippen LogP contribution is -2.21. The summed E-state index contributed by atoms with van der Waals surface area (Å²) in [7, 11) is 3.21. The Hall–Kier alpha value is -1.14. The van der Waals surface area contributed by atoms with Crippen molar-refractivity contribution in [3.63, 3.8) is 0 Å². The van der Waals surface area contributed by atoms with Crippen LogP contribution in [0.4, 0.5) is 0 Å². The van der Waals surface area contributed by atoms with Crippen LogP contribution >= 0.6 is 0 Å². The summed E-state index contributed by atoms with van der Waals surface area (Å²) < 4.78 is 9.86. The van der Waals surface area contributed by atoms with Crippen molar-refractivity contribution in [2.24, 2.45) is 0 Å². The number of methoxy groups -OCH3 is 2. The van der Waals surface area contributed by atoms with Crippen molar-refractivity contribution in [2.45, 2.75) is 135 Å². The number of hydrogen-bond acceptors (Lipinski definition) is 4. The van der Waals surface area contributed by atoms with E-state index >= 15 is 0 Å². The number of unbranched alkanes of at least 4 members (excludes halogenated alkanes) is 15. The van der Waals surface area contributed by atoms with Gasteiger partial charge in [0.25, 0.3) is 0 Å². The van der Waals surface area contributed by atoms with Crippen LogP contribution in [0.3, 0.4) is 0 Å². The average molecular weight is 461 g/mol. The third-order valence-corrected chi connectivity index (χ3v) is 5.62. The third kappa shape index (κ3) is 28.9. The maximum atomic E-state index is 10.6. The molecule has 2 N–H and O–H groups in total. The number of hydrogen-bond donors (Lipinski definition) is 2. The second-order valence-electron chi connectivity index (χ2n) is 8.64. The van der Waals surface area contributed by atoms with Crippen molar-refractivity contribution in [3.8, 4) is 0 Å². The van der Waals surface area contributed by atoms with Gasteiger partial charge >= 0.3 is 11.9 Å². The van der Waals surface area contributed by atoms with Gasteiger partial charge in [-0.25, -0.2) is 4.79 Å². The quantitative estimate of drug-likeness (QED) is 0.156. The third-order valence-electron chi connectivity index (χ3n) is 5.62. The van der Waals surface area contributed by atoms with E-state index in [4.69, 9.17) is 19.7 Å². The summed E-state index contributed by atoms with van der Waals surface area (Å²) in [5, 5.41) is 17.2. The predicted octanol–water partition coefficient (Wildman–Crippen LogP) is 7.24. The first-order chi connectivity index (χ1) is 15.5. The highest BCUT2D eigenvalue weighted by Crippen LogP contribution is 2.12. The molecule has 6 heteroatoms. The van der Waals surface area contributed by atoms with Crippen molar-refractivity contribution >= 4 is 11.9 Å². The minimum Gasteiger partial charge on any atom is -0.481 e. The van der Waals surface area contributed by atoms with Gasteiger partial charge in [0.2, 0.25) is 0 Å². The van der Waals surface area contributed by atoms with Crippen LogP contribution in [0.25, 0.3) is 0 Å². The molecule has 192 valence electrons. The van der Waals surface area contributed by atoms with E-state index in [-0.39, 0.29) is 0 Å². The SMILES string of the molecule is CCCCCCCCCCC(OC)C(=O)O.COCCCCCCCCCCCC(=O)O. The van der Waals surface area contributed by atoms with Gasteiger partial charge in [-0.15, -0.1) is 0 Å². The fourth-order valence-electron chi connectivity index (χ4n) is 3.57. The predicted molar refractivity (Wildman–Crippen MR) is 131 cm³/mol.